The predicted molar refractivity (Wildman–Crippen MR) is 112 cm³/mol. The summed E-state index contributed by atoms with van der Waals surface area (Å²) in [6.07, 6.45) is 0. The third kappa shape index (κ3) is 4.17. The molecule has 2 atom stereocenters. The van der Waals surface area contributed by atoms with Gasteiger partial charge in [0.05, 0.1) is 11.0 Å². The molecule has 7 nitrogen and oxygen atoms in total. The Morgan fingerprint density at radius 2 is 1.79 bits per heavy atom. The highest BCUT2D eigenvalue weighted by molar-refractivity contribution is 7.80. The van der Waals surface area contributed by atoms with E-state index < -0.39 is 16.9 Å². The van der Waals surface area contributed by atoms with Gasteiger partial charge in [0, 0.05) is 23.5 Å². The number of hydrogen-bond acceptors (Lipinski definition) is 4. The van der Waals surface area contributed by atoms with Gasteiger partial charge in [-0.1, -0.05) is 24.8 Å². The molecule has 0 radical (unpaired) electrons. The molecule has 1 amide bonds. The van der Waals surface area contributed by atoms with Crippen molar-refractivity contribution >= 4 is 34.6 Å². The number of benzene rings is 2. The summed E-state index contributed by atoms with van der Waals surface area (Å²) >= 11 is 5.21. The van der Waals surface area contributed by atoms with Crippen molar-refractivity contribution in [2.45, 2.75) is 19.9 Å². The molecule has 0 aliphatic carbocycles. The molecule has 8 heteroatoms. The second kappa shape index (κ2) is 7.77. The molecule has 1 fully saturated rings. The van der Waals surface area contributed by atoms with Crippen molar-refractivity contribution in [3.05, 3.63) is 81.5 Å². The maximum atomic E-state index is 13.1. The summed E-state index contributed by atoms with van der Waals surface area (Å²) < 4.78 is 0. The van der Waals surface area contributed by atoms with E-state index in [4.69, 9.17) is 12.2 Å². The van der Waals surface area contributed by atoms with Crippen molar-refractivity contribution in [2.75, 3.05) is 5.32 Å². The van der Waals surface area contributed by atoms with Crippen LogP contribution in [-0.4, -0.2) is 15.9 Å². The second-order valence-electron chi connectivity index (χ2n) is 6.79. The Hall–Kier alpha value is -3.26. The number of nitrogens with one attached hydrogen (secondary N) is 3. The van der Waals surface area contributed by atoms with Crippen LogP contribution in [0.4, 0.5) is 11.4 Å². The number of amides is 1. The number of anilines is 1. The van der Waals surface area contributed by atoms with E-state index in [1.54, 1.807) is 12.1 Å². The minimum Gasteiger partial charge on any atom is -0.354 e. The number of nitro benzene ring substituents is 1. The van der Waals surface area contributed by atoms with Gasteiger partial charge < -0.3 is 16.0 Å². The van der Waals surface area contributed by atoms with Crippen molar-refractivity contribution in [3.8, 4) is 0 Å². The summed E-state index contributed by atoms with van der Waals surface area (Å²) in [6, 6.07) is 11.4. The van der Waals surface area contributed by atoms with Gasteiger partial charge in [0.25, 0.3) is 5.69 Å². The first-order valence-electron chi connectivity index (χ1n) is 8.64. The average Bonchev–Trinajstić information content (AvgIpc) is 2.60. The Kier molecular flexibility index (Phi) is 5.41. The van der Waals surface area contributed by atoms with Crippen LogP contribution in [0.5, 0.6) is 0 Å². The van der Waals surface area contributed by atoms with Crippen LogP contribution in [0.3, 0.4) is 0 Å². The lowest BCUT2D eigenvalue weighted by Gasteiger charge is -2.35. The Labute approximate surface area is 168 Å². The molecule has 28 heavy (non-hydrogen) atoms. The van der Waals surface area contributed by atoms with Gasteiger partial charge in [-0.05, 0) is 54.9 Å². The zero-order valence-electron chi connectivity index (χ0n) is 15.5. The SMILES string of the molecule is C=C1NC(=S)N[C@H](c2ccc([N+](=O)[O-])cc2)[C@@H]1C(=O)Nc1cc(C)cc(C)c1. The lowest BCUT2D eigenvalue weighted by atomic mass is 9.88. The van der Waals surface area contributed by atoms with Gasteiger partial charge in [0.15, 0.2) is 5.11 Å². The number of hydrogen-bond donors (Lipinski definition) is 3. The van der Waals surface area contributed by atoms with Gasteiger partial charge in [-0.25, -0.2) is 0 Å². The lowest BCUT2D eigenvalue weighted by molar-refractivity contribution is -0.384. The summed E-state index contributed by atoms with van der Waals surface area (Å²) in [4.78, 5) is 23.5. The minimum atomic E-state index is -0.658. The Bertz CT molecular complexity index is 952. The summed E-state index contributed by atoms with van der Waals surface area (Å²) in [5, 5.41) is 20.2. The molecule has 1 heterocycles. The van der Waals surface area contributed by atoms with Crippen LogP contribution in [0, 0.1) is 29.9 Å². The highest BCUT2D eigenvalue weighted by Crippen LogP contribution is 2.31. The molecular formula is C20H20N4O3S. The quantitative estimate of drug-likeness (QED) is 0.416. The number of nitrogens with zero attached hydrogens (tertiary/aromatic N) is 1. The van der Waals surface area contributed by atoms with Crippen LogP contribution in [0.1, 0.15) is 22.7 Å². The third-order valence-corrected chi connectivity index (χ3v) is 4.72. The van der Waals surface area contributed by atoms with Crippen LogP contribution in [0.25, 0.3) is 0 Å². The van der Waals surface area contributed by atoms with Crippen LogP contribution in [0.15, 0.2) is 54.7 Å². The maximum Gasteiger partial charge on any atom is 0.269 e. The molecule has 0 unspecified atom stereocenters. The van der Waals surface area contributed by atoms with E-state index in [1.807, 2.05) is 32.0 Å². The standard InChI is InChI=1S/C20H20N4O3S/c1-11-8-12(2)10-15(9-11)22-19(25)17-13(3)21-20(28)23-18(17)14-4-6-16(7-5-14)24(26)27/h4-10,17-18H,3H2,1-2H3,(H,22,25)(H2,21,23,28)/t17-,18-/m1/s1. The van der Waals surface area contributed by atoms with E-state index in [0.29, 0.717) is 22.1 Å². The van der Waals surface area contributed by atoms with Crippen molar-refractivity contribution in [2.24, 2.45) is 5.92 Å². The molecular weight excluding hydrogens is 376 g/mol. The fourth-order valence-corrected chi connectivity index (χ4v) is 3.60. The summed E-state index contributed by atoms with van der Waals surface area (Å²) in [7, 11) is 0. The number of thiocarbonyl (C=S) groups is 1. The van der Waals surface area contributed by atoms with Gasteiger partial charge >= 0.3 is 0 Å². The predicted octanol–water partition coefficient (Wildman–Crippen LogP) is 3.50. The van der Waals surface area contributed by atoms with Gasteiger partial charge in [-0.15, -0.1) is 0 Å². The van der Waals surface area contributed by atoms with E-state index in [-0.39, 0.29) is 11.6 Å². The zero-order valence-corrected chi connectivity index (χ0v) is 16.3. The lowest BCUT2D eigenvalue weighted by Crippen LogP contribution is -2.51. The smallest absolute Gasteiger partial charge is 0.269 e. The maximum absolute atomic E-state index is 13.1. The van der Waals surface area contributed by atoms with Gasteiger partial charge in [0.1, 0.15) is 5.92 Å². The van der Waals surface area contributed by atoms with Crippen molar-refractivity contribution in [1.29, 1.82) is 0 Å². The summed E-state index contributed by atoms with van der Waals surface area (Å²) in [5.41, 5.74) is 3.94. The summed E-state index contributed by atoms with van der Waals surface area (Å²) in [5.74, 6) is -0.908. The molecule has 2 aromatic rings. The normalized spacial score (nSPS) is 18.8. The zero-order chi connectivity index (χ0) is 20.4. The monoisotopic (exact) mass is 396 g/mol. The molecule has 1 aliphatic heterocycles. The molecule has 1 aliphatic rings. The van der Waals surface area contributed by atoms with E-state index in [2.05, 4.69) is 22.5 Å². The van der Waals surface area contributed by atoms with Gasteiger partial charge in [0.2, 0.25) is 5.91 Å². The minimum absolute atomic E-state index is 0.0182. The molecule has 3 rings (SSSR count). The van der Waals surface area contributed by atoms with E-state index in [9.17, 15) is 14.9 Å². The molecule has 0 saturated carbocycles. The summed E-state index contributed by atoms with van der Waals surface area (Å²) in [6.45, 7) is 7.88. The number of aryl methyl sites for hydroxylation is 2. The first-order chi connectivity index (χ1) is 13.2. The van der Waals surface area contributed by atoms with Crippen LogP contribution in [-0.2, 0) is 4.79 Å². The average molecular weight is 396 g/mol. The van der Waals surface area contributed by atoms with E-state index in [0.717, 1.165) is 11.1 Å². The number of rotatable bonds is 4. The highest BCUT2D eigenvalue weighted by Gasteiger charge is 2.36. The number of nitro groups is 1. The van der Waals surface area contributed by atoms with E-state index >= 15 is 0 Å². The topological polar surface area (TPSA) is 96.3 Å². The second-order valence-corrected chi connectivity index (χ2v) is 7.20. The molecule has 0 aromatic heterocycles. The molecule has 0 spiro atoms. The fraction of sp³-hybridized carbons (Fsp3) is 0.200. The number of carbonyl (C=O) groups is 1. The molecule has 144 valence electrons. The van der Waals surface area contributed by atoms with Crippen LogP contribution >= 0.6 is 12.2 Å². The van der Waals surface area contributed by atoms with Crippen molar-refractivity contribution in [1.82, 2.24) is 10.6 Å². The molecule has 3 N–H and O–H groups in total. The Morgan fingerprint density at radius 3 is 2.36 bits per heavy atom. The van der Waals surface area contributed by atoms with Gasteiger partial charge in [-0.2, -0.15) is 0 Å². The Morgan fingerprint density at radius 1 is 1.18 bits per heavy atom. The number of non-ortho nitro benzene ring substituents is 1. The third-order valence-electron chi connectivity index (χ3n) is 4.50. The van der Waals surface area contributed by atoms with Gasteiger partial charge in [-0.3, -0.25) is 14.9 Å². The van der Waals surface area contributed by atoms with Crippen molar-refractivity contribution in [3.63, 3.8) is 0 Å². The first-order valence-corrected chi connectivity index (χ1v) is 9.05. The number of carbonyl (C=O) groups excluding carboxylic acids is 1. The largest absolute Gasteiger partial charge is 0.354 e. The first kappa shape index (κ1) is 19.5. The highest BCUT2D eigenvalue weighted by atomic mass is 32.1. The van der Waals surface area contributed by atoms with Crippen molar-refractivity contribution < 1.29 is 9.72 Å². The fourth-order valence-electron chi connectivity index (χ4n) is 3.34. The molecule has 2 aromatic carbocycles. The molecule has 1 saturated heterocycles. The molecule has 0 bridgehead atoms. The Balaban J connectivity index is 1.90. The van der Waals surface area contributed by atoms with Crippen LogP contribution in [0.2, 0.25) is 0 Å². The van der Waals surface area contributed by atoms with Crippen LogP contribution < -0.4 is 16.0 Å². The van der Waals surface area contributed by atoms with E-state index in [1.165, 1.54) is 12.1 Å².